The summed E-state index contributed by atoms with van der Waals surface area (Å²) in [5.41, 5.74) is 3.42. The summed E-state index contributed by atoms with van der Waals surface area (Å²) in [7, 11) is -0.485. The molecule has 1 heterocycles. The molecule has 2 aliphatic rings. The highest BCUT2D eigenvalue weighted by Gasteiger charge is 2.31. The maximum Gasteiger partial charge on any atom is 0.0991 e. The second-order valence-corrected chi connectivity index (χ2v) is 11.5. The van der Waals surface area contributed by atoms with Crippen molar-refractivity contribution in [2.75, 3.05) is 0 Å². The van der Waals surface area contributed by atoms with Crippen LogP contribution in [0.3, 0.4) is 0 Å². The first-order chi connectivity index (χ1) is 11.3. The van der Waals surface area contributed by atoms with Gasteiger partial charge in [0.25, 0.3) is 0 Å². The van der Waals surface area contributed by atoms with Crippen molar-refractivity contribution >= 4 is 8.80 Å². The molecule has 124 valence electrons. The molecule has 0 aromatic heterocycles. The maximum absolute atomic E-state index is 8.93. The largest absolute Gasteiger partial charge is 0.192 e. The predicted molar refractivity (Wildman–Crippen MR) is 101 cm³/mol. The summed E-state index contributed by atoms with van der Waals surface area (Å²) < 4.78 is 0. The molecule has 1 aromatic rings. The van der Waals surface area contributed by atoms with Crippen LogP contribution in [0.4, 0.5) is 0 Å². The van der Waals surface area contributed by atoms with E-state index in [4.69, 9.17) is 5.26 Å². The third-order valence-corrected chi connectivity index (χ3v) is 10.7. The van der Waals surface area contributed by atoms with Crippen molar-refractivity contribution in [3.8, 4) is 6.07 Å². The summed E-state index contributed by atoms with van der Waals surface area (Å²) in [5.74, 6) is 1.82. The molecule has 23 heavy (non-hydrogen) atoms. The Labute approximate surface area is 143 Å². The number of nitrogens with zero attached hydrogens (tertiary/aromatic N) is 1. The Morgan fingerprint density at radius 1 is 1.00 bits per heavy atom. The second kappa shape index (κ2) is 8.15. The fraction of sp³-hybridized carbons (Fsp3) is 0.667. The Bertz CT molecular complexity index is 514. The van der Waals surface area contributed by atoms with Gasteiger partial charge in [-0.15, -0.1) is 0 Å². The molecule has 0 radical (unpaired) electrons. The lowest BCUT2D eigenvalue weighted by Crippen LogP contribution is -2.29. The van der Waals surface area contributed by atoms with E-state index in [1.54, 1.807) is 24.9 Å². The molecule has 1 aliphatic carbocycles. The van der Waals surface area contributed by atoms with Crippen LogP contribution in [0.15, 0.2) is 24.3 Å². The summed E-state index contributed by atoms with van der Waals surface area (Å²) in [5, 5.41) is 8.93. The third-order valence-electron chi connectivity index (χ3n) is 6.54. The van der Waals surface area contributed by atoms with Crippen LogP contribution in [0.1, 0.15) is 75.3 Å². The number of nitriles is 1. The molecule has 2 fully saturated rings. The van der Waals surface area contributed by atoms with Gasteiger partial charge in [-0.3, -0.25) is 0 Å². The molecule has 1 aromatic carbocycles. The van der Waals surface area contributed by atoms with Crippen LogP contribution < -0.4 is 0 Å². The molecular formula is C21H31NSi. The third kappa shape index (κ3) is 4.26. The first-order valence-electron chi connectivity index (χ1n) is 9.80. The van der Waals surface area contributed by atoms with E-state index < -0.39 is 8.80 Å². The van der Waals surface area contributed by atoms with Gasteiger partial charge < -0.3 is 0 Å². The van der Waals surface area contributed by atoms with Crippen molar-refractivity contribution in [1.29, 1.82) is 5.26 Å². The molecule has 2 heteroatoms. The van der Waals surface area contributed by atoms with Crippen molar-refractivity contribution < 1.29 is 0 Å². The quantitative estimate of drug-likeness (QED) is 0.621. The molecular weight excluding hydrogens is 294 g/mol. The SMILES string of the molecule is CCC[C@H]1CC[C@H]([SiH]2CCC(c3ccc(C#N)cc3)CC2)CC1. The van der Waals surface area contributed by atoms with Gasteiger partial charge in [-0.05, 0) is 47.9 Å². The Morgan fingerprint density at radius 2 is 1.65 bits per heavy atom. The van der Waals surface area contributed by atoms with Gasteiger partial charge in [0.1, 0.15) is 0 Å². The summed E-state index contributed by atoms with van der Waals surface area (Å²) in [4.78, 5) is 0. The fourth-order valence-electron chi connectivity index (χ4n) is 5.11. The van der Waals surface area contributed by atoms with E-state index in [1.807, 2.05) is 12.1 Å². The highest BCUT2D eigenvalue weighted by molar-refractivity contribution is 6.60. The van der Waals surface area contributed by atoms with E-state index in [2.05, 4.69) is 25.1 Å². The minimum Gasteiger partial charge on any atom is -0.192 e. The first-order valence-corrected chi connectivity index (χ1v) is 12.1. The Morgan fingerprint density at radius 3 is 2.22 bits per heavy atom. The van der Waals surface area contributed by atoms with E-state index in [1.165, 1.54) is 44.1 Å². The zero-order valence-corrected chi connectivity index (χ0v) is 15.8. The van der Waals surface area contributed by atoms with Crippen molar-refractivity contribution in [2.24, 2.45) is 5.92 Å². The molecule has 1 saturated heterocycles. The summed E-state index contributed by atoms with van der Waals surface area (Å²) in [6, 6.07) is 13.7. The minimum absolute atomic E-state index is 0.485. The highest BCUT2D eigenvalue weighted by atomic mass is 28.3. The first kappa shape index (κ1) is 16.8. The molecule has 0 N–H and O–H groups in total. The summed E-state index contributed by atoms with van der Waals surface area (Å²) >= 11 is 0. The zero-order valence-electron chi connectivity index (χ0n) is 14.6. The van der Waals surface area contributed by atoms with E-state index >= 15 is 0 Å². The van der Waals surface area contributed by atoms with Crippen LogP contribution in [0.5, 0.6) is 0 Å². The minimum atomic E-state index is -0.485. The predicted octanol–water partition coefficient (Wildman–Crippen LogP) is 6.02. The van der Waals surface area contributed by atoms with Crippen LogP contribution in [0.25, 0.3) is 0 Å². The van der Waals surface area contributed by atoms with Crippen LogP contribution >= 0.6 is 0 Å². The van der Waals surface area contributed by atoms with Gasteiger partial charge in [0.15, 0.2) is 0 Å². The second-order valence-electron chi connectivity index (χ2n) is 7.91. The van der Waals surface area contributed by atoms with Crippen LogP contribution in [-0.2, 0) is 0 Å². The molecule has 0 bridgehead atoms. The Kier molecular flexibility index (Phi) is 5.95. The van der Waals surface area contributed by atoms with E-state index in [9.17, 15) is 0 Å². The number of benzene rings is 1. The average Bonchev–Trinajstić information content (AvgIpc) is 2.63. The van der Waals surface area contributed by atoms with Crippen molar-refractivity contribution in [2.45, 2.75) is 81.8 Å². The average molecular weight is 326 g/mol. The van der Waals surface area contributed by atoms with E-state index in [0.29, 0.717) is 0 Å². The maximum atomic E-state index is 8.93. The van der Waals surface area contributed by atoms with Crippen LogP contribution in [0.2, 0.25) is 17.6 Å². The van der Waals surface area contributed by atoms with Crippen molar-refractivity contribution in [3.63, 3.8) is 0 Å². The van der Waals surface area contributed by atoms with Gasteiger partial charge in [-0.25, -0.2) is 0 Å². The Hall–Kier alpha value is -1.07. The fourth-order valence-corrected chi connectivity index (χ4v) is 9.33. The topological polar surface area (TPSA) is 23.8 Å². The number of hydrogen-bond acceptors (Lipinski definition) is 1. The van der Waals surface area contributed by atoms with Gasteiger partial charge in [-0.1, -0.05) is 69.7 Å². The van der Waals surface area contributed by atoms with Gasteiger partial charge >= 0.3 is 0 Å². The van der Waals surface area contributed by atoms with Crippen LogP contribution in [-0.4, -0.2) is 8.80 Å². The smallest absolute Gasteiger partial charge is 0.0991 e. The monoisotopic (exact) mass is 325 g/mol. The van der Waals surface area contributed by atoms with E-state index in [-0.39, 0.29) is 0 Å². The van der Waals surface area contributed by atoms with Crippen molar-refractivity contribution in [3.05, 3.63) is 35.4 Å². The lowest BCUT2D eigenvalue weighted by molar-refractivity contribution is 0.332. The Balaban J connectivity index is 1.48. The normalized spacial score (nSPS) is 31.5. The van der Waals surface area contributed by atoms with Gasteiger partial charge in [0.05, 0.1) is 11.6 Å². The molecule has 0 unspecified atom stereocenters. The summed E-state index contributed by atoms with van der Waals surface area (Å²) in [6.45, 7) is 2.34. The summed E-state index contributed by atoms with van der Waals surface area (Å²) in [6.07, 6.45) is 11.9. The van der Waals surface area contributed by atoms with E-state index in [0.717, 1.165) is 22.9 Å². The molecule has 1 saturated carbocycles. The molecule has 3 rings (SSSR count). The highest BCUT2D eigenvalue weighted by Crippen LogP contribution is 2.43. The van der Waals surface area contributed by atoms with Gasteiger partial charge in [-0.2, -0.15) is 5.26 Å². The number of rotatable bonds is 4. The standard InChI is InChI=1S/C21H31NSi/c1-2-3-17-6-10-21(11-7-17)23-14-12-20(13-15-23)19-8-4-18(16-22)5-9-19/h4-5,8-9,17,20-21,23H,2-3,6-7,10-15H2,1H3/t17-,20?,21-,23?. The zero-order chi connectivity index (χ0) is 16.1. The number of hydrogen-bond donors (Lipinski definition) is 0. The van der Waals surface area contributed by atoms with Gasteiger partial charge in [0.2, 0.25) is 0 Å². The van der Waals surface area contributed by atoms with Crippen molar-refractivity contribution in [1.82, 2.24) is 0 Å². The molecule has 0 spiro atoms. The lowest BCUT2D eigenvalue weighted by atomic mass is 9.86. The lowest BCUT2D eigenvalue weighted by Gasteiger charge is -2.37. The molecule has 1 aliphatic heterocycles. The molecule has 1 nitrogen and oxygen atoms in total. The molecule has 0 atom stereocenters. The van der Waals surface area contributed by atoms with Crippen LogP contribution in [0, 0.1) is 17.2 Å². The van der Waals surface area contributed by atoms with Gasteiger partial charge in [0, 0.05) is 8.80 Å². The molecule has 0 amide bonds.